The highest BCUT2D eigenvalue weighted by atomic mass is 32.2. The molecule has 0 aromatic carbocycles. The number of nitrogens with one attached hydrogen (secondary N) is 1. The van der Waals surface area contributed by atoms with E-state index in [1.54, 1.807) is 11.3 Å². The van der Waals surface area contributed by atoms with Crippen LogP contribution in [0.25, 0.3) is 10.2 Å². The third-order valence-corrected chi connectivity index (χ3v) is 5.97. The van der Waals surface area contributed by atoms with Gasteiger partial charge in [0.15, 0.2) is 5.17 Å². The molecule has 1 aliphatic rings. The van der Waals surface area contributed by atoms with Crippen molar-refractivity contribution in [2.24, 2.45) is 16.6 Å². The lowest BCUT2D eigenvalue weighted by Gasteiger charge is -2.17. The summed E-state index contributed by atoms with van der Waals surface area (Å²) in [4.78, 5) is 26.7. The molecule has 3 N–H and O–H groups in total. The van der Waals surface area contributed by atoms with E-state index >= 15 is 0 Å². The molecule has 130 valence electrons. The van der Waals surface area contributed by atoms with Crippen LogP contribution in [0.15, 0.2) is 9.79 Å². The van der Waals surface area contributed by atoms with Gasteiger partial charge in [0.05, 0.1) is 16.7 Å². The Labute approximate surface area is 150 Å². The van der Waals surface area contributed by atoms with Gasteiger partial charge < -0.3 is 10.7 Å². The van der Waals surface area contributed by atoms with Gasteiger partial charge in [0.25, 0.3) is 5.56 Å². The Kier molecular flexibility index (Phi) is 4.75. The lowest BCUT2D eigenvalue weighted by atomic mass is 9.89. The Morgan fingerprint density at radius 2 is 2.25 bits per heavy atom. The van der Waals surface area contributed by atoms with Gasteiger partial charge >= 0.3 is 0 Å². The summed E-state index contributed by atoms with van der Waals surface area (Å²) in [6.07, 6.45) is 3.20. The molecule has 0 saturated carbocycles. The van der Waals surface area contributed by atoms with Crippen molar-refractivity contribution in [1.82, 2.24) is 9.97 Å². The number of hydrogen-bond acceptors (Lipinski definition) is 5. The third-order valence-electron chi connectivity index (χ3n) is 4.02. The van der Waals surface area contributed by atoms with E-state index < -0.39 is 0 Å². The third kappa shape index (κ3) is 3.83. The minimum atomic E-state index is -0.203. The Morgan fingerprint density at radius 1 is 1.50 bits per heavy atom. The topological polar surface area (TPSA) is 84.1 Å². The van der Waals surface area contributed by atoms with E-state index in [9.17, 15) is 4.79 Å². The number of rotatable bonds is 2. The largest absolute Gasteiger partial charge is 0.379 e. The summed E-state index contributed by atoms with van der Waals surface area (Å²) in [5.41, 5.74) is 6.94. The molecular formula is C17H24N4OS2. The first-order valence-corrected chi connectivity index (χ1v) is 10.0. The fourth-order valence-electron chi connectivity index (χ4n) is 2.97. The average Bonchev–Trinajstić information content (AvgIpc) is 2.80. The molecule has 0 spiro atoms. The van der Waals surface area contributed by atoms with E-state index in [2.05, 4.69) is 21.9 Å². The van der Waals surface area contributed by atoms with Crippen LogP contribution in [0.4, 0.5) is 0 Å². The molecule has 0 unspecified atom stereocenters. The lowest BCUT2D eigenvalue weighted by Crippen LogP contribution is -2.18. The predicted octanol–water partition coefficient (Wildman–Crippen LogP) is 3.46. The summed E-state index contributed by atoms with van der Waals surface area (Å²) in [6, 6.07) is 0. The predicted molar refractivity (Wildman–Crippen MR) is 104 cm³/mol. The average molecular weight is 365 g/mol. The summed E-state index contributed by atoms with van der Waals surface area (Å²) >= 11 is 3.08. The van der Waals surface area contributed by atoms with E-state index in [0.717, 1.165) is 29.5 Å². The normalized spacial score (nSPS) is 18.8. The molecule has 1 atom stereocenters. The smallest absolute Gasteiger partial charge is 0.259 e. The maximum Gasteiger partial charge on any atom is 0.259 e. The van der Waals surface area contributed by atoms with E-state index in [1.165, 1.54) is 22.2 Å². The first-order valence-electron chi connectivity index (χ1n) is 8.24. The maximum atomic E-state index is 12.5. The molecule has 24 heavy (non-hydrogen) atoms. The van der Waals surface area contributed by atoms with Gasteiger partial charge in [0.1, 0.15) is 10.7 Å². The van der Waals surface area contributed by atoms with Gasteiger partial charge in [-0.25, -0.2) is 4.98 Å². The number of aromatic nitrogens is 2. The molecule has 0 fully saturated rings. The molecule has 7 heteroatoms. The number of amidine groups is 1. The summed E-state index contributed by atoms with van der Waals surface area (Å²) in [5.74, 6) is 1.87. The first-order chi connectivity index (χ1) is 11.2. The second-order valence-corrected chi connectivity index (χ2v) is 9.53. The monoisotopic (exact) mass is 364 g/mol. The van der Waals surface area contributed by atoms with E-state index in [0.29, 0.717) is 22.7 Å². The van der Waals surface area contributed by atoms with Crippen molar-refractivity contribution in [1.29, 1.82) is 0 Å². The van der Waals surface area contributed by atoms with Gasteiger partial charge in [0, 0.05) is 4.88 Å². The second kappa shape index (κ2) is 6.52. The SMILES string of the molecule is C[C@@H]1CCc2c(sc3nc(CSC(N)=NC(C)(C)C)[nH]c(=O)c23)C1. The first kappa shape index (κ1) is 17.5. The highest BCUT2D eigenvalue weighted by molar-refractivity contribution is 8.13. The van der Waals surface area contributed by atoms with Crippen molar-refractivity contribution < 1.29 is 0 Å². The van der Waals surface area contributed by atoms with Gasteiger partial charge in [-0.15, -0.1) is 11.3 Å². The molecule has 2 aromatic rings. The molecular weight excluding hydrogens is 340 g/mol. The van der Waals surface area contributed by atoms with Crippen LogP contribution < -0.4 is 11.3 Å². The summed E-state index contributed by atoms with van der Waals surface area (Å²) in [7, 11) is 0. The molecule has 0 bridgehead atoms. The summed E-state index contributed by atoms with van der Waals surface area (Å²) in [6.45, 7) is 8.28. The molecule has 0 radical (unpaired) electrons. The minimum Gasteiger partial charge on any atom is -0.379 e. The minimum absolute atomic E-state index is 0.0195. The van der Waals surface area contributed by atoms with Gasteiger partial charge in [0.2, 0.25) is 0 Å². The Morgan fingerprint density at radius 3 is 2.96 bits per heavy atom. The Balaban J connectivity index is 1.87. The highest BCUT2D eigenvalue weighted by Gasteiger charge is 2.23. The zero-order chi connectivity index (χ0) is 17.5. The van der Waals surface area contributed by atoms with Gasteiger partial charge in [-0.3, -0.25) is 9.79 Å². The zero-order valence-electron chi connectivity index (χ0n) is 14.6. The molecule has 0 amide bonds. The van der Waals surface area contributed by atoms with Crippen molar-refractivity contribution in [3.8, 4) is 0 Å². The number of hydrogen-bond donors (Lipinski definition) is 2. The fraction of sp³-hybridized carbons (Fsp3) is 0.588. The Hall–Kier alpha value is -1.34. The number of thioether (sulfide) groups is 1. The Bertz CT molecular complexity index is 845. The molecule has 1 aliphatic carbocycles. The van der Waals surface area contributed by atoms with Gasteiger partial charge in [-0.1, -0.05) is 18.7 Å². The van der Waals surface area contributed by atoms with Crippen molar-refractivity contribution in [3.63, 3.8) is 0 Å². The number of aromatic amines is 1. The molecule has 3 rings (SSSR count). The van der Waals surface area contributed by atoms with Crippen LogP contribution in [0.1, 0.15) is 50.4 Å². The van der Waals surface area contributed by atoms with Gasteiger partial charge in [-0.05, 0) is 51.5 Å². The summed E-state index contributed by atoms with van der Waals surface area (Å²) < 4.78 is 0. The lowest BCUT2D eigenvalue weighted by molar-refractivity contribution is 0.509. The zero-order valence-corrected chi connectivity index (χ0v) is 16.2. The molecule has 0 aliphatic heterocycles. The van der Waals surface area contributed by atoms with Gasteiger partial charge in [-0.2, -0.15) is 0 Å². The highest BCUT2D eigenvalue weighted by Crippen LogP contribution is 2.35. The fourth-order valence-corrected chi connectivity index (χ4v) is 5.13. The number of aryl methyl sites for hydroxylation is 1. The summed E-state index contributed by atoms with van der Waals surface area (Å²) in [5, 5.41) is 1.32. The number of thiophene rings is 1. The van der Waals surface area contributed by atoms with Crippen molar-refractivity contribution in [2.45, 2.75) is 58.2 Å². The van der Waals surface area contributed by atoms with Crippen LogP contribution in [0.5, 0.6) is 0 Å². The van der Waals surface area contributed by atoms with E-state index in [4.69, 9.17) is 5.73 Å². The van der Waals surface area contributed by atoms with Crippen LogP contribution in [0.3, 0.4) is 0 Å². The standard InChI is InChI=1S/C17H24N4OS2/c1-9-5-6-10-11(7-9)24-15-13(10)14(22)19-12(20-15)8-23-16(18)21-17(2,3)4/h9H,5-8H2,1-4H3,(H2,18,21)(H,19,20,22)/t9-/m1/s1. The molecule has 2 aromatic heterocycles. The van der Waals surface area contributed by atoms with E-state index in [1.807, 2.05) is 20.8 Å². The number of aliphatic imine (C=N–C) groups is 1. The number of H-pyrrole nitrogens is 1. The number of nitrogens with zero attached hydrogens (tertiary/aromatic N) is 2. The van der Waals surface area contributed by atoms with Crippen molar-refractivity contribution in [2.75, 3.05) is 0 Å². The maximum absolute atomic E-state index is 12.5. The molecule has 5 nitrogen and oxygen atoms in total. The van der Waals surface area contributed by atoms with E-state index in [-0.39, 0.29) is 11.1 Å². The van der Waals surface area contributed by atoms with Crippen LogP contribution in [0.2, 0.25) is 0 Å². The molecule has 0 saturated heterocycles. The van der Waals surface area contributed by atoms with Crippen molar-refractivity contribution >= 4 is 38.5 Å². The van der Waals surface area contributed by atoms with Crippen LogP contribution in [0, 0.1) is 5.92 Å². The van der Waals surface area contributed by atoms with Crippen LogP contribution >= 0.6 is 23.1 Å². The van der Waals surface area contributed by atoms with Crippen LogP contribution in [-0.2, 0) is 18.6 Å². The molecule has 2 heterocycles. The second-order valence-electron chi connectivity index (χ2n) is 7.45. The quantitative estimate of drug-likeness (QED) is 0.631. The number of nitrogens with two attached hydrogens (primary N) is 1. The van der Waals surface area contributed by atoms with Crippen molar-refractivity contribution in [3.05, 3.63) is 26.6 Å². The van der Waals surface area contributed by atoms with Crippen LogP contribution in [-0.4, -0.2) is 20.7 Å². The number of fused-ring (bicyclic) bond motifs is 3.